The average Bonchev–Trinajstić information content (AvgIpc) is 2.50. The van der Waals surface area contributed by atoms with E-state index in [2.05, 4.69) is 41.9 Å². The maximum Gasteiger partial charge on any atom is 0.0315 e. The van der Waals surface area contributed by atoms with Crippen LogP contribution < -0.4 is 0 Å². The van der Waals surface area contributed by atoms with Crippen molar-refractivity contribution in [3.8, 4) is 23.7 Å². The van der Waals surface area contributed by atoms with E-state index in [4.69, 9.17) is 0 Å². The van der Waals surface area contributed by atoms with Gasteiger partial charge in [0.25, 0.3) is 0 Å². The van der Waals surface area contributed by atoms with Gasteiger partial charge in [0.15, 0.2) is 0 Å². The lowest BCUT2D eigenvalue weighted by atomic mass is 10.2. The zero-order chi connectivity index (χ0) is 7.94. The Kier molecular flexibility index (Phi) is 3.10. The molecule has 0 heteroatoms. The van der Waals surface area contributed by atoms with Crippen LogP contribution in [-0.2, 0) is 0 Å². The third kappa shape index (κ3) is 2.78. The Balaban J connectivity index is 2.33. The number of allylic oxidation sites excluding steroid dienone is 4. The van der Waals surface area contributed by atoms with Crippen molar-refractivity contribution in [1.82, 2.24) is 0 Å². The van der Waals surface area contributed by atoms with E-state index in [1.165, 1.54) is 5.57 Å². The van der Waals surface area contributed by atoms with Gasteiger partial charge >= 0.3 is 0 Å². The Labute approximate surface area is 68.0 Å². The van der Waals surface area contributed by atoms with Gasteiger partial charge in [-0.05, 0) is 25.2 Å². The van der Waals surface area contributed by atoms with Gasteiger partial charge in [0, 0.05) is 6.42 Å². The van der Waals surface area contributed by atoms with Crippen LogP contribution in [0.1, 0.15) is 19.8 Å². The second kappa shape index (κ2) is 4.42. The molecule has 0 spiro atoms. The summed E-state index contributed by atoms with van der Waals surface area (Å²) in [5.74, 6) is 11.2. The van der Waals surface area contributed by atoms with Crippen LogP contribution in [0.25, 0.3) is 0 Å². The van der Waals surface area contributed by atoms with E-state index in [-0.39, 0.29) is 0 Å². The summed E-state index contributed by atoms with van der Waals surface area (Å²) in [6, 6.07) is 0. The second-order valence-corrected chi connectivity index (χ2v) is 2.31. The van der Waals surface area contributed by atoms with Crippen LogP contribution in [-0.4, -0.2) is 0 Å². The van der Waals surface area contributed by atoms with Crippen LogP contribution in [0.5, 0.6) is 0 Å². The van der Waals surface area contributed by atoms with Crippen molar-refractivity contribution in [2.45, 2.75) is 19.8 Å². The van der Waals surface area contributed by atoms with Gasteiger partial charge in [0.1, 0.15) is 0 Å². The van der Waals surface area contributed by atoms with Crippen molar-refractivity contribution in [1.29, 1.82) is 0 Å². The molecule has 11 heavy (non-hydrogen) atoms. The fraction of sp³-hybridized carbons (Fsp3) is 0.273. The molecule has 1 rings (SSSR count). The summed E-state index contributed by atoms with van der Waals surface area (Å²) in [5, 5.41) is 0. The van der Waals surface area contributed by atoms with Gasteiger partial charge in [-0.25, -0.2) is 0 Å². The van der Waals surface area contributed by atoms with Crippen molar-refractivity contribution in [3.63, 3.8) is 0 Å². The summed E-state index contributed by atoms with van der Waals surface area (Å²) in [6.45, 7) is 1.80. The molecule has 0 nitrogen and oxygen atoms in total. The molecule has 0 aromatic rings. The SMILES string of the molecule is CC#CC#CCC1=CC=CC1. The standard InChI is InChI=1S/C11H10/c1-2-3-4-5-8-11-9-6-7-10-11/h6-7,9H,8,10H2,1H3. The zero-order valence-corrected chi connectivity index (χ0v) is 6.65. The predicted octanol–water partition coefficient (Wildman–Crippen LogP) is 2.29. The highest BCUT2D eigenvalue weighted by Crippen LogP contribution is 2.12. The quantitative estimate of drug-likeness (QED) is 0.493. The smallest absolute Gasteiger partial charge is 0.0315 e. The molecule has 0 aromatic heterocycles. The normalized spacial score (nSPS) is 12.6. The van der Waals surface area contributed by atoms with E-state index in [0.717, 1.165) is 12.8 Å². The molecule has 0 aromatic carbocycles. The highest BCUT2D eigenvalue weighted by atomic mass is 14.0. The molecule has 54 valence electrons. The highest BCUT2D eigenvalue weighted by Gasteiger charge is 1.94. The van der Waals surface area contributed by atoms with Gasteiger partial charge in [0.2, 0.25) is 0 Å². The zero-order valence-electron chi connectivity index (χ0n) is 6.65. The third-order valence-electron chi connectivity index (χ3n) is 1.44. The summed E-state index contributed by atoms with van der Waals surface area (Å²) in [4.78, 5) is 0. The minimum absolute atomic E-state index is 0.863. The Hall–Kier alpha value is -1.40. The van der Waals surface area contributed by atoms with Crippen molar-refractivity contribution in [2.24, 2.45) is 0 Å². The molecular weight excluding hydrogens is 132 g/mol. The van der Waals surface area contributed by atoms with Gasteiger partial charge in [-0.2, -0.15) is 0 Å². The van der Waals surface area contributed by atoms with Crippen LogP contribution in [0, 0.1) is 23.7 Å². The highest BCUT2D eigenvalue weighted by molar-refractivity contribution is 5.31. The van der Waals surface area contributed by atoms with E-state index in [9.17, 15) is 0 Å². The molecule has 0 heterocycles. The molecule has 1 aliphatic rings. The summed E-state index contributed by atoms with van der Waals surface area (Å²) in [7, 11) is 0. The van der Waals surface area contributed by atoms with Gasteiger partial charge in [-0.15, -0.1) is 0 Å². The monoisotopic (exact) mass is 142 g/mol. The van der Waals surface area contributed by atoms with Crippen LogP contribution in [0.15, 0.2) is 23.8 Å². The first-order chi connectivity index (χ1) is 5.43. The van der Waals surface area contributed by atoms with Gasteiger partial charge in [0.05, 0.1) is 0 Å². The second-order valence-electron chi connectivity index (χ2n) is 2.31. The fourth-order valence-corrected chi connectivity index (χ4v) is 0.887. The summed E-state index contributed by atoms with van der Waals surface area (Å²) in [6.07, 6.45) is 8.26. The lowest BCUT2D eigenvalue weighted by Gasteiger charge is -1.88. The first-order valence-electron chi connectivity index (χ1n) is 3.67. The summed E-state index contributed by atoms with van der Waals surface area (Å²) < 4.78 is 0. The molecule has 0 bridgehead atoms. The van der Waals surface area contributed by atoms with Crippen molar-refractivity contribution < 1.29 is 0 Å². The lowest BCUT2D eigenvalue weighted by molar-refractivity contribution is 1.16. The third-order valence-corrected chi connectivity index (χ3v) is 1.44. The number of hydrogen-bond donors (Lipinski definition) is 0. The van der Waals surface area contributed by atoms with Crippen LogP contribution >= 0.6 is 0 Å². The average molecular weight is 142 g/mol. The van der Waals surface area contributed by atoms with E-state index < -0.39 is 0 Å². The summed E-state index contributed by atoms with van der Waals surface area (Å²) >= 11 is 0. The topological polar surface area (TPSA) is 0 Å². The Morgan fingerprint density at radius 2 is 2.36 bits per heavy atom. The molecule has 0 saturated carbocycles. The van der Waals surface area contributed by atoms with Crippen LogP contribution in [0.2, 0.25) is 0 Å². The Morgan fingerprint density at radius 1 is 1.45 bits per heavy atom. The lowest BCUT2D eigenvalue weighted by Crippen LogP contribution is -1.73. The van der Waals surface area contributed by atoms with E-state index in [1.807, 2.05) is 0 Å². The molecule has 0 amide bonds. The van der Waals surface area contributed by atoms with Crippen molar-refractivity contribution in [2.75, 3.05) is 0 Å². The first-order valence-corrected chi connectivity index (χ1v) is 3.67. The van der Waals surface area contributed by atoms with Crippen molar-refractivity contribution in [3.05, 3.63) is 23.8 Å². The molecule has 1 aliphatic carbocycles. The molecule has 0 aliphatic heterocycles. The molecule has 0 N–H and O–H groups in total. The van der Waals surface area contributed by atoms with Gasteiger partial charge in [-0.3, -0.25) is 0 Å². The maximum absolute atomic E-state index is 3.00. The van der Waals surface area contributed by atoms with E-state index in [1.54, 1.807) is 6.92 Å². The van der Waals surface area contributed by atoms with Gasteiger partial charge in [-0.1, -0.05) is 35.6 Å². The first kappa shape index (κ1) is 7.70. The maximum atomic E-state index is 3.00. The predicted molar refractivity (Wildman–Crippen MR) is 47.7 cm³/mol. The Morgan fingerprint density at radius 3 is 3.00 bits per heavy atom. The Bertz CT molecular complexity index is 294. The largest absolute Gasteiger partial charge is 0.0925 e. The molecule has 0 radical (unpaired) electrons. The summed E-state index contributed by atoms with van der Waals surface area (Å²) in [5.41, 5.74) is 1.38. The number of rotatable bonds is 1. The molecule has 0 atom stereocenters. The molecular formula is C11H10. The van der Waals surface area contributed by atoms with Crippen LogP contribution in [0.3, 0.4) is 0 Å². The van der Waals surface area contributed by atoms with E-state index >= 15 is 0 Å². The van der Waals surface area contributed by atoms with Crippen molar-refractivity contribution >= 4 is 0 Å². The molecule has 0 saturated heterocycles. The molecule has 0 fully saturated rings. The van der Waals surface area contributed by atoms with E-state index in [0.29, 0.717) is 0 Å². The van der Waals surface area contributed by atoms with Crippen LogP contribution in [0.4, 0.5) is 0 Å². The molecule has 0 unspecified atom stereocenters. The minimum atomic E-state index is 0.863. The number of hydrogen-bond acceptors (Lipinski definition) is 0. The fourth-order valence-electron chi connectivity index (χ4n) is 0.887. The minimum Gasteiger partial charge on any atom is -0.0925 e. The van der Waals surface area contributed by atoms with Gasteiger partial charge < -0.3 is 0 Å².